The molecule has 0 aliphatic carbocycles. The molecule has 0 amide bonds. The van der Waals surface area contributed by atoms with Gasteiger partial charge in [0.05, 0.1) is 19.0 Å². The molecule has 2 heterocycles. The fourth-order valence-corrected chi connectivity index (χ4v) is 2.99. The summed E-state index contributed by atoms with van der Waals surface area (Å²) in [4.78, 5) is 13.8. The van der Waals surface area contributed by atoms with Gasteiger partial charge in [0.15, 0.2) is 17.0 Å². The summed E-state index contributed by atoms with van der Waals surface area (Å²) in [6.07, 6.45) is 2.57. The van der Waals surface area contributed by atoms with Gasteiger partial charge in [-0.2, -0.15) is 9.97 Å². The van der Waals surface area contributed by atoms with Crippen molar-refractivity contribution in [1.29, 1.82) is 0 Å². The van der Waals surface area contributed by atoms with Crippen LogP contribution in [0.5, 0.6) is 0 Å². The number of nitrogens with zero attached hydrogens (tertiary/aromatic N) is 4. The van der Waals surface area contributed by atoms with Crippen LogP contribution in [-0.4, -0.2) is 37.3 Å². The van der Waals surface area contributed by atoms with Gasteiger partial charge in [-0.05, 0) is 38.0 Å². The van der Waals surface area contributed by atoms with Crippen molar-refractivity contribution in [3.05, 3.63) is 40.6 Å². The molecule has 3 aromatic rings. The minimum absolute atomic E-state index is 0.0307. The van der Waals surface area contributed by atoms with Crippen LogP contribution in [0.1, 0.15) is 38.8 Å². The van der Waals surface area contributed by atoms with E-state index in [0.29, 0.717) is 18.3 Å². The first kappa shape index (κ1) is 19.6. The molecule has 0 fully saturated rings. The van der Waals surface area contributed by atoms with Crippen LogP contribution in [-0.2, 0) is 6.54 Å². The number of nitrogens with one attached hydrogen (secondary N) is 2. The summed E-state index contributed by atoms with van der Waals surface area (Å²) in [6, 6.07) is 8.29. The molecule has 8 heteroatoms. The van der Waals surface area contributed by atoms with E-state index in [4.69, 9.17) is 0 Å². The molecule has 0 saturated heterocycles. The molecule has 144 valence electrons. The first-order valence-electron chi connectivity index (χ1n) is 9.12. The second-order valence-corrected chi connectivity index (χ2v) is 7.64. The lowest BCUT2D eigenvalue weighted by atomic mass is 10.2. The predicted octanol–water partition coefficient (Wildman–Crippen LogP) is 3.96. The topological polar surface area (TPSA) is 87.9 Å². The van der Waals surface area contributed by atoms with Gasteiger partial charge >= 0.3 is 0 Å². The van der Waals surface area contributed by atoms with Crippen molar-refractivity contribution in [1.82, 2.24) is 19.5 Å². The molecule has 0 radical (unpaired) electrons. The van der Waals surface area contributed by atoms with Crippen molar-refractivity contribution in [3.63, 3.8) is 0 Å². The molecule has 3 N–H and O–H groups in total. The van der Waals surface area contributed by atoms with Gasteiger partial charge in [0, 0.05) is 17.1 Å². The first-order chi connectivity index (χ1) is 13.0. The fourth-order valence-electron chi connectivity index (χ4n) is 2.73. The Morgan fingerprint density at radius 2 is 1.93 bits per heavy atom. The second-order valence-electron chi connectivity index (χ2n) is 6.73. The quantitative estimate of drug-likeness (QED) is 0.499. The molecule has 0 bridgehead atoms. The average Bonchev–Trinajstić information content (AvgIpc) is 3.09. The summed E-state index contributed by atoms with van der Waals surface area (Å²) in [5.41, 5.74) is 2.65. The average molecular weight is 433 g/mol. The van der Waals surface area contributed by atoms with Gasteiger partial charge in [0.1, 0.15) is 0 Å². The molecule has 0 unspecified atom stereocenters. The molecule has 0 spiro atoms. The van der Waals surface area contributed by atoms with Gasteiger partial charge in [-0.1, -0.05) is 35.0 Å². The maximum Gasteiger partial charge on any atom is 0.227 e. The molecule has 7 nitrogen and oxygen atoms in total. The number of halogens is 1. The van der Waals surface area contributed by atoms with Crippen LogP contribution >= 0.6 is 15.9 Å². The third kappa shape index (κ3) is 4.56. The maximum absolute atomic E-state index is 9.49. The first-order valence-corrected chi connectivity index (χ1v) is 9.91. The number of anilines is 2. The normalized spacial score (nSPS) is 12.5. The molecule has 2 aromatic heterocycles. The van der Waals surface area contributed by atoms with Crippen LogP contribution in [0.2, 0.25) is 0 Å². The summed E-state index contributed by atoms with van der Waals surface area (Å²) < 4.78 is 3.07. The number of hydrogen-bond acceptors (Lipinski definition) is 6. The summed E-state index contributed by atoms with van der Waals surface area (Å²) in [5, 5.41) is 16.1. The Kier molecular flexibility index (Phi) is 6.28. The van der Waals surface area contributed by atoms with Crippen LogP contribution in [0.4, 0.5) is 11.8 Å². The summed E-state index contributed by atoms with van der Waals surface area (Å²) in [5.74, 6) is 1.17. The van der Waals surface area contributed by atoms with Gasteiger partial charge in [-0.3, -0.25) is 0 Å². The smallest absolute Gasteiger partial charge is 0.227 e. The van der Waals surface area contributed by atoms with E-state index in [1.54, 1.807) is 6.33 Å². The van der Waals surface area contributed by atoms with Crippen molar-refractivity contribution in [3.8, 4) is 0 Å². The molecule has 0 saturated carbocycles. The third-order valence-corrected chi connectivity index (χ3v) is 4.93. The highest BCUT2D eigenvalue weighted by Crippen LogP contribution is 2.24. The van der Waals surface area contributed by atoms with Gasteiger partial charge in [0.25, 0.3) is 0 Å². The van der Waals surface area contributed by atoms with Crippen LogP contribution in [0.25, 0.3) is 11.2 Å². The summed E-state index contributed by atoms with van der Waals surface area (Å²) in [6.45, 7) is 6.85. The number of aliphatic hydroxyl groups is 1. The molecular weight excluding hydrogens is 408 g/mol. The predicted molar refractivity (Wildman–Crippen MR) is 112 cm³/mol. The summed E-state index contributed by atoms with van der Waals surface area (Å²) in [7, 11) is 0. The second kappa shape index (κ2) is 8.67. The lowest BCUT2D eigenvalue weighted by Crippen LogP contribution is -2.24. The minimum Gasteiger partial charge on any atom is -0.394 e. The van der Waals surface area contributed by atoms with E-state index in [1.807, 2.05) is 23.6 Å². The van der Waals surface area contributed by atoms with Crippen molar-refractivity contribution >= 4 is 38.9 Å². The van der Waals surface area contributed by atoms with Gasteiger partial charge in [-0.15, -0.1) is 0 Å². The van der Waals surface area contributed by atoms with Gasteiger partial charge < -0.3 is 20.3 Å². The molecule has 3 rings (SSSR count). The Balaban J connectivity index is 1.94. The van der Waals surface area contributed by atoms with E-state index < -0.39 is 0 Å². The van der Waals surface area contributed by atoms with E-state index in [2.05, 4.69) is 67.5 Å². The highest BCUT2D eigenvalue weighted by molar-refractivity contribution is 9.10. The van der Waals surface area contributed by atoms with Gasteiger partial charge in [0.2, 0.25) is 5.95 Å². The SMILES string of the molecule is CC[C@H](CO)Nc1nc(NCc2ccc(Br)cc2)c2ncn(C(C)C)c2n1. The molecule has 27 heavy (non-hydrogen) atoms. The van der Waals surface area contributed by atoms with Crippen molar-refractivity contribution in [2.45, 2.75) is 45.8 Å². The zero-order valence-electron chi connectivity index (χ0n) is 15.8. The zero-order chi connectivity index (χ0) is 19.4. The van der Waals surface area contributed by atoms with E-state index in [-0.39, 0.29) is 18.7 Å². The van der Waals surface area contributed by atoms with Crippen molar-refractivity contribution < 1.29 is 5.11 Å². The Labute approximate surface area is 167 Å². The highest BCUT2D eigenvalue weighted by atomic mass is 79.9. The van der Waals surface area contributed by atoms with E-state index in [0.717, 1.165) is 27.6 Å². The number of hydrogen-bond donors (Lipinski definition) is 3. The Hall–Kier alpha value is -2.19. The monoisotopic (exact) mass is 432 g/mol. The van der Waals surface area contributed by atoms with Crippen molar-refractivity contribution in [2.75, 3.05) is 17.2 Å². The molecular formula is C19H25BrN6O. The number of fused-ring (bicyclic) bond motifs is 1. The molecule has 0 aliphatic rings. The third-order valence-electron chi connectivity index (χ3n) is 4.40. The van der Waals surface area contributed by atoms with Crippen molar-refractivity contribution in [2.24, 2.45) is 0 Å². The number of imidazole rings is 1. The fraction of sp³-hybridized carbons (Fsp3) is 0.421. The standard InChI is InChI=1S/C19H25BrN6O/c1-4-15(10-27)23-19-24-17(21-9-13-5-7-14(20)8-6-13)16-18(25-19)26(11-22-16)12(2)3/h5-8,11-12,15,27H,4,9-10H2,1-3H3,(H2,21,23,24,25)/t15-/m1/s1. The Morgan fingerprint density at radius 1 is 1.19 bits per heavy atom. The van der Waals surface area contributed by atoms with E-state index in [1.165, 1.54) is 0 Å². The number of aromatic nitrogens is 4. The van der Waals surface area contributed by atoms with E-state index in [9.17, 15) is 5.11 Å². The lowest BCUT2D eigenvalue weighted by molar-refractivity contribution is 0.271. The number of benzene rings is 1. The Bertz CT molecular complexity index is 889. The highest BCUT2D eigenvalue weighted by Gasteiger charge is 2.16. The van der Waals surface area contributed by atoms with E-state index >= 15 is 0 Å². The molecule has 1 atom stereocenters. The maximum atomic E-state index is 9.49. The molecule has 0 aliphatic heterocycles. The van der Waals surface area contributed by atoms with Crippen LogP contribution in [0.15, 0.2) is 35.1 Å². The van der Waals surface area contributed by atoms with Crippen LogP contribution in [0.3, 0.4) is 0 Å². The number of aliphatic hydroxyl groups excluding tert-OH is 1. The Morgan fingerprint density at radius 3 is 2.56 bits per heavy atom. The van der Waals surface area contributed by atoms with Crippen LogP contribution < -0.4 is 10.6 Å². The zero-order valence-corrected chi connectivity index (χ0v) is 17.4. The molecule has 1 aromatic carbocycles. The summed E-state index contributed by atoms with van der Waals surface area (Å²) >= 11 is 3.45. The number of rotatable bonds is 8. The lowest BCUT2D eigenvalue weighted by Gasteiger charge is -2.16. The van der Waals surface area contributed by atoms with Gasteiger partial charge in [-0.25, -0.2) is 4.98 Å². The largest absolute Gasteiger partial charge is 0.394 e. The van der Waals surface area contributed by atoms with Crippen LogP contribution in [0, 0.1) is 0 Å². The minimum atomic E-state index is -0.0859.